The molecule has 11 heteroatoms. The van der Waals surface area contributed by atoms with Gasteiger partial charge in [-0.05, 0) is 35.9 Å². The van der Waals surface area contributed by atoms with Gasteiger partial charge in [0.15, 0.2) is 0 Å². The van der Waals surface area contributed by atoms with Crippen molar-refractivity contribution in [3.8, 4) is 5.75 Å². The van der Waals surface area contributed by atoms with Crippen LogP contribution in [0.2, 0.25) is 0 Å². The maximum absolute atomic E-state index is 13.3. The summed E-state index contributed by atoms with van der Waals surface area (Å²) in [6.45, 7) is 2.24. The third-order valence-electron chi connectivity index (χ3n) is 5.32. The molecule has 2 aromatic rings. The number of esters is 1. The van der Waals surface area contributed by atoms with E-state index in [-0.39, 0.29) is 36.3 Å². The van der Waals surface area contributed by atoms with Crippen LogP contribution in [-0.2, 0) is 20.7 Å². The van der Waals surface area contributed by atoms with Crippen LogP contribution in [0, 0.1) is 5.82 Å². The van der Waals surface area contributed by atoms with Crippen LogP contribution in [0.4, 0.5) is 10.1 Å². The fourth-order valence-electron chi connectivity index (χ4n) is 3.58. The SMILES string of the molecule is COC(=O)c1cc(OC2CNC2)ccc1N(N1CCOC(c2ccc(F)cc2)C1)S(=O)O. The molecule has 2 aromatic carbocycles. The van der Waals surface area contributed by atoms with Gasteiger partial charge in [0.2, 0.25) is 0 Å². The average Bonchev–Trinajstić information content (AvgIpc) is 2.77. The van der Waals surface area contributed by atoms with Crippen molar-refractivity contribution in [1.29, 1.82) is 0 Å². The third kappa shape index (κ3) is 4.92. The first-order valence-corrected chi connectivity index (χ1v) is 11.2. The number of anilines is 1. The number of nitrogens with zero attached hydrogens (tertiary/aromatic N) is 2. The van der Waals surface area contributed by atoms with Crippen molar-refractivity contribution in [2.45, 2.75) is 12.2 Å². The number of ether oxygens (including phenoxy) is 3. The first-order valence-electron chi connectivity index (χ1n) is 10.1. The highest BCUT2D eigenvalue weighted by atomic mass is 32.2. The highest BCUT2D eigenvalue weighted by molar-refractivity contribution is 7.80. The molecular weight excluding hydrogens is 441 g/mol. The van der Waals surface area contributed by atoms with E-state index in [9.17, 15) is 17.9 Å². The summed E-state index contributed by atoms with van der Waals surface area (Å²) in [5, 5.41) is 4.73. The van der Waals surface area contributed by atoms with Crippen molar-refractivity contribution in [2.24, 2.45) is 0 Å². The van der Waals surface area contributed by atoms with E-state index >= 15 is 0 Å². The second kappa shape index (κ2) is 9.92. The molecule has 2 N–H and O–H groups in total. The predicted molar refractivity (Wildman–Crippen MR) is 115 cm³/mol. The molecule has 4 rings (SSSR count). The largest absolute Gasteiger partial charge is 0.488 e. The van der Waals surface area contributed by atoms with Crippen molar-refractivity contribution in [3.05, 3.63) is 59.4 Å². The molecule has 2 saturated heterocycles. The van der Waals surface area contributed by atoms with Crippen LogP contribution >= 0.6 is 0 Å². The Bertz CT molecular complexity index is 988. The Kier molecular flexibility index (Phi) is 7.01. The number of methoxy groups -OCH3 is 1. The number of carbonyl (C=O) groups excluding carboxylic acids is 1. The molecule has 0 spiro atoms. The molecule has 32 heavy (non-hydrogen) atoms. The maximum atomic E-state index is 13.3. The van der Waals surface area contributed by atoms with Gasteiger partial charge >= 0.3 is 5.97 Å². The van der Waals surface area contributed by atoms with Gasteiger partial charge in [0.1, 0.15) is 17.7 Å². The molecule has 0 aromatic heterocycles. The van der Waals surface area contributed by atoms with Crippen LogP contribution in [0.5, 0.6) is 5.75 Å². The van der Waals surface area contributed by atoms with Crippen LogP contribution in [0.3, 0.4) is 0 Å². The van der Waals surface area contributed by atoms with Gasteiger partial charge in [-0.1, -0.05) is 12.1 Å². The Hall–Kier alpha value is -2.57. The lowest BCUT2D eigenvalue weighted by Crippen LogP contribution is -2.51. The minimum absolute atomic E-state index is 0.00475. The van der Waals surface area contributed by atoms with Crippen molar-refractivity contribution in [2.75, 3.05) is 44.3 Å². The van der Waals surface area contributed by atoms with E-state index in [4.69, 9.17) is 14.2 Å². The highest BCUT2D eigenvalue weighted by Gasteiger charge is 2.32. The Balaban J connectivity index is 1.62. The summed E-state index contributed by atoms with van der Waals surface area (Å²) in [6, 6.07) is 10.6. The lowest BCUT2D eigenvalue weighted by Gasteiger charge is -2.39. The predicted octanol–water partition coefficient (Wildman–Crippen LogP) is 1.89. The summed E-state index contributed by atoms with van der Waals surface area (Å²) in [5.74, 6) is -0.548. The molecule has 0 saturated carbocycles. The highest BCUT2D eigenvalue weighted by Crippen LogP contribution is 2.32. The van der Waals surface area contributed by atoms with E-state index in [2.05, 4.69) is 5.32 Å². The summed E-state index contributed by atoms with van der Waals surface area (Å²) < 4.78 is 53.4. The fraction of sp³-hybridized carbons (Fsp3) is 0.381. The van der Waals surface area contributed by atoms with E-state index < -0.39 is 23.3 Å². The Morgan fingerprint density at radius 3 is 2.66 bits per heavy atom. The van der Waals surface area contributed by atoms with Gasteiger partial charge in [-0.2, -0.15) is 4.41 Å². The van der Waals surface area contributed by atoms with Crippen LogP contribution in [-0.4, -0.2) is 65.7 Å². The number of carbonyl (C=O) groups is 1. The lowest BCUT2D eigenvalue weighted by molar-refractivity contribution is -0.0279. The molecule has 9 nitrogen and oxygen atoms in total. The van der Waals surface area contributed by atoms with Crippen molar-refractivity contribution in [1.82, 2.24) is 10.3 Å². The zero-order valence-electron chi connectivity index (χ0n) is 17.4. The second-order valence-electron chi connectivity index (χ2n) is 7.40. The minimum Gasteiger partial charge on any atom is -0.488 e. The smallest absolute Gasteiger partial charge is 0.340 e. The van der Waals surface area contributed by atoms with Crippen LogP contribution in [0.25, 0.3) is 0 Å². The minimum atomic E-state index is -2.48. The summed E-state index contributed by atoms with van der Waals surface area (Å²) >= 11 is -2.48. The molecule has 172 valence electrons. The molecule has 2 atom stereocenters. The quantitative estimate of drug-likeness (QED) is 0.473. The van der Waals surface area contributed by atoms with Crippen molar-refractivity contribution >= 4 is 22.9 Å². The topological polar surface area (TPSA) is 101 Å². The number of nitrogens with one attached hydrogen (secondary N) is 1. The van der Waals surface area contributed by atoms with Gasteiger partial charge in [0.25, 0.3) is 11.3 Å². The Morgan fingerprint density at radius 1 is 1.28 bits per heavy atom. The molecule has 2 fully saturated rings. The summed E-state index contributed by atoms with van der Waals surface area (Å²) in [5.41, 5.74) is 1.05. The van der Waals surface area contributed by atoms with Gasteiger partial charge in [-0.25, -0.2) is 18.4 Å². The summed E-state index contributed by atoms with van der Waals surface area (Å²) in [6.07, 6.45) is -0.434. The number of hydrazine groups is 1. The molecule has 0 amide bonds. The Morgan fingerprint density at radius 2 is 2.03 bits per heavy atom. The molecule has 0 radical (unpaired) electrons. The van der Waals surface area contributed by atoms with Crippen molar-refractivity contribution < 1.29 is 32.2 Å². The first-order chi connectivity index (χ1) is 15.5. The number of rotatable bonds is 7. The first kappa shape index (κ1) is 22.6. The molecule has 0 bridgehead atoms. The van der Waals surface area contributed by atoms with E-state index in [1.807, 2.05) is 0 Å². The van der Waals surface area contributed by atoms with Gasteiger partial charge < -0.3 is 19.5 Å². The van der Waals surface area contributed by atoms with Crippen LogP contribution < -0.4 is 14.5 Å². The van der Waals surface area contributed by atoms with Crippen LogP contribution in [0.15, 0.2) is 42.5 Å². The molecule has 2 unspecified atom stereocenters. The van der Waals surface area contributed by atoms with E-state index in [1.54, 1.807) is 29.3 Å². The van der Waals surface area contributed by atoms with Gasteiger partial charge in [0, 0.05) is 26.2 Å². The van der Waals surface area contributed by atoms with Gasteiger partial charge in [0.05, 0.1) is 31.1 Å². The molecule has 2 aliphatic rings. The number of benzene rings is 2. The number of hydrogen-bond acceptors (Lipinski definition) is 7. The zero-order valence-corrected chi connectivity index (χ0v) is 18.2. The average molecular weight is 466 g/mol. The fourth-order valence-corrected chi connectivity index (χ4v) is 4.26. The normalized spacial score (nSPS) is 20.3. The summed E-state index contributed by atoms with van der Waals surface area (Å²) in [4.78, 5) is 12.5. The van der Waals surface area contributed by atoms with E-state index in [1.165, 1.54) is 25.3 Å². The summed E-state index contributed by atoms with van der Waals surface area (Å²) in [7, 11) is 1.25. The van der Waals surface area contributed by atoms with Gasteiger partial charge in [-0.3, -0.25) is 4.55 Å². The van der Waals surface area contributed by atoms with Crippen molar-refractivity contribution in [3.63, 3.8) is 0 Å². The monoisotopic (exact) mass is 465 g/mol. The lowest BCUT2D eigenvalue weighted by atomic mass is 10.1. The van der Waals surface area contributed by atoms with E-state index in [0.717, 1.165) is 9.98 Å². The number of halogens is 1. The molecular formula is C21H24FN3O6S. The maximum Gasteiger partial charge on any atom is 0.340 e. The van der Waals surface area contributed by atoms with Crippen LogP contribution in [0.1, 0.15) is 22.0 Å². The second-order valence-corrected chi connectivity index (χ2v) is 8.20. The third-order valence-corrected chi connectivity index (χ3v) is 6.04. The standard InChI is InChI=1S/C21H24FN3O6S/c1-29-21(26)18-10-16(31-17-11-23-12-17)6-7-19(18)25(32(27)28)24-8-9-30-20(13-24)14-2-4-15(22)5-3-14/h2-7,10,17,20,23H,8-9,11-13H2,1H3,(H,27,28). The Labute approximate surface area is 187 Å². The molecule has 2 heterocycles. The molecule has 2 aliphatic heterocycles. The zero-order chi connectivity index (χ0) is 22.7. The number of morpholine rings is 1. The van der Waals surface area contributed by atoms with E-state index in [0.29, 0.717) is 25.4 Å². The number of hydrogen-bond donors (Lipinski definition) is 2. The van der Waals surface area contributed by atoms with Gasteiger partial charge in [-0.15, -0.1) is 0 Å². The molecule has 0 aliphatic carbocycles.